The highest BCUT2D eigenvalue weighted by molar-refractivity contribution is 9.10. The second-order valence-electron chi connectivity index (χ2n) is 7.83. The van der Waals surface area contributed by atoms with Crippen LogP contribution >= 0.6 is 27.7 Å². The summed E-state index contributed by atoms with van der Waals surface area (Å²) < 4.78 is 61.5. The number of benzene rings is 3. The number of hydrogen-bond donors (Lipinski definition) is 1. The predicted molar refractivity (Wildman–Crippen MR) is 149 cm³/mol. The molecule has 202 valence electrons. The standard InChI is InChI=1S/C25H23BrO9S3/c1-37(29,30)34-19-7-3-17(4-8-19)22(18-5-9-20(10-6-18)35-38(2,31)32)13-14-36-24-12-11-21(15-23(24)26)33-16-25(27)28/h3-13,15H,14,16H2,1-2H3,(H,27,28). The lowest BCUT2D eigenvalue weighted by Crippen LogP contribution is -2.09. The van der Waals surface area contributed by atoms with Crippen LogP contribution in [0.4, 0.5) is 0 Å². The molecule has 0 aliphatic carbocycles. The number of rotatable bonds is 12. The Morgan fingerprint density at radius 1 is 0.842 bits per heavy atom. The molecule has 0 atom stereocenters. The Morgan fingerprint density at radius 2 is 1.32 bits per heavy atom. The second kappa shape index (κ2) is 12.7. The zero-order chi connectivity index (χ0) is 27.9. The molecule has 0 aromatic heterocycles. The number of halogens is 1. The summed E-state index contributed by atoms with van der Waals surface area (Å²) in [5.74, 6) is 0.246. The molecule has 13 heteroatoms. The molecule has 0 saturated heterocycles. The van der Waals surface area contributed by atoms with Crippen LogP contribution in [0.25, 0.3) is 5.57 Å². The van der Waals surface area contributed by atoms with Crippen molar-refractivity contribution < 1.29 is 39.8 Å². The third-order valence-corrected chi connectivity index (χ3v) is 7.53. The first-order chi connectivity index (χ1) is 17.8. The van der Waals surface area contributed by atoms with Crippen molar-refractivity contribution >= 4 is 59.5 Å². The van der Waals surface area contributed by atoms with E-state index in [1.807, 2.05) is 12.1 Å². The van der Waals surface area contributed by atoms with Gasteiger partial charge in [0.1, 0.15) is 17.2 Å². The van der Waals surface area contributed by atoms with E-state index >= 15 is 0 Å². The molecule has 0 spiro atoms. The van der Waals surface area contributed by atoms with Crippen molar-refractivity contribution in [2.24, 2.45) is 0 Å². The topological polar surface area (TPSA) is 133 Å². The van der Waals surface area contributed by atoms with Crippen LogP contribution in [0.3, 0.4) is 0 Å². The number of carboxylic acid groups (broad SMARTS) is 1. The van der Waals surface area contributed by atoms with Crippen molar-refractivity contribution in [2.75, 3.05) is 24.9 Å². The molecule has 1 N–H and O–H groups in total. The summed E-state index contributed by atoms with van der Waals surface area (Å²) >= 11 is 5.00. The molecular weight excluding hydrogens is 620 g/mol. The quantitative estimate of drug-likeness (QED) is 0.217. The lowest BCUT2D eigenvalue weighted by molar-refractivity contribution is -0.139. The average Bonchev–Trinajstić information content (AvgIpc) is 2.81. The third kappa shape index (κ3) is 9.71. The molecule has 0 unspecified atom stereocenters. The highest BCUT2D eigenvalue weighted by atomic mass is 79.9. The summed E-state index contributed by atoms with van der Waals surface area (Å²) in [6.45, 7) is -0.437. The Balaban J connectivity index is 1.86. The maximum absolute atomic E-state index is 11.4. The number of carboxylic acids is 1. The summed E-state index contributed by atoms with van der Waals surface area (Å²) in [6, 6.07) is 18.3. The highest BCUT2D eigenvalue weighted by Crippen LogP contribution is 2.33. The van der Waals surface area contributed by atoms with Gasteiger partial charge in [0.05, 0.1) is 12.5 Å². The van der Waals surface area contributed by atoms with Crippen LogP contribution in [-0.2, 0) is 25.0 Å². The number of carbonyl (C=O) groups is 1. The average molecular weight is 644 g/mol. The van der Waals surface area contributed by atoms with Crippen molar-refractivity contribution in [3.05, 3.63) is 88.4 Å². The van der Waals surface area contributed by atoms with Gasteiger partial charge in [-0.05, 0) is 75.1 Å². The van der Waals surface area contributed by atoms with Gasteiger partial charge in [-0.15, -0.1) is 11.8 Å². The van der Waals surface area contributed by atoms with Gasteiger partial charge in [0, 0.05) is 15.1 Å². The molecule has 3 aromatic rings. The van der Waals surface area contributed by atoms with Gasteiger partial charge in [0.2, 0.25) is 0 Å². The summed E-state index contributed by atoms with van der Waals surface area (Å²) in [5, 5.41) is 8.77. The van der Waals surface area contributed by atoms with Crippen LogP contribution in [0.15, 0.2) is 82.2 Å². The van der Waals surface area contributed by atoms with Crippen molar-refractivity contribution in [1.82, 2.24) is 0 Å². The largest absolute Gasteiger partial charge is 0.482 e. The molecule has 0 aliphatic heterocycles. The molecule has 0 heterocycles. The monoisotopic (exact) mass is 642 g/mol. The van der Waals surface area contributed by atoms with Crippen molar-refractivity contribution in [2.45, 2.75) is 4.90 Å². The Kier molecular flexibility index (Phi) is 9.88. The minimum absolute atomic E-state index is 0.177. The molecule has 0 saturated carbocycles. The smallest absolute Gasteiger partial charge is 0.341 e. The first kappa shape index (κ1) is 29.6. The minimum Gasteiger partial charge on any atom is -0.482 e. The third-order valence-electron chi connectivity index (χ3n) is 4.62. The second-order valence-corrected chi connectivity index (χ2v) is 12.9. The van der Waals surface area contributed by atoms with Crippen LogP contribution in [0.1, 0.15) is 11.1 Å². The van der Waals surface area contributed by atoms with E-state index in [1.165, 1.54) is 11.8 Å². The van der Waals surface area contributed by atoms with Gasteiger partial charge in [-0.2, -0.15) is 16.8 Å². The maximum atomic E-state index is 11.4. The molecule has 9 nitrogen and oxygen atoms in total. The van der Waals surface area contributed by atoms with E-state index in [0.717, 1.165) is 38.6 Å². The molecule has 0 amide bonds. The van der Waals surface area contributed by atoms with Gasteiger partial charge in [-0.3, -0.25) is 0 Å². The van der Waals surface area contributed by atoms with Gasteiger partial charge in [-0.25, -0.2) is 4.79 Å². The molecule has 0 aliphatic rings. The van der Waals surface area contributed by atoms with Crippen molar-refractivity contribution in [3.63, 3.8) is 0 Å². The molecule has 3 aromatic carbocycles. The van der Waals surface area contributed by atoms with Gasteiger partial charge in [-0.1, -0.05) is 30.3 Å². The van der Waals surface area contributed by atoms with E-state index in [1.54, 1.807) is 60.7 Å². The molecule has 0 fully saturated rings. The Morgan fingerprint density at radius 3 is 1.74 bits per heavy atom. The van der Waals surface area contributed by atoms with E-state index in [-0.39, 0.29) is 11.5 Å². The molecule has 0 radical (unpaired) electrons. The number of hydrogen-bond acceptors (Lipinski definition) is 9. The zero-order valence-electron chi connectivity index (χ0n) is 20.2. The fourth-order valence-electron chi connectivity index (χ4n) is 3.18. The van der Waals surface area contributed by atoms with E-state index in [9.17, 15) is 21.6 Å². The molecule has 38 heavy (non-hydrogen) atoms. The van der Waals surface area contributed by atoms with Crippen LogP contribution in [-0.4, -0.2) is 52.8 Å². The predicted octanol–water partition coefficient (Wildman–Crippen LogP) is 4.81. The SMILES string of the molecule is CS(=O)(=O)Oc1ccc(C(=CCSc2ccc(OCC(=O)O)cc2Br)c2ccc(OS(C)(=O)=O)cc2)cc1. The van der Waals surface area contributed by atoms with E-state index in [2.05, 4.69) is 15.9 Å². The summed E-state index contributed by atoms with van der Waals surface area (Å²) in [4.78, 5) is 11.6. The van der Waals surface area contributed by atoms with Gasteiger partial charge in [0.15, 0.2) is 6.61 Å². The molecule has 0 bridgehead atoms. The summed E-state index contributed by atoms with van der Waals surface area (Å²) in [6.07, 6.45) is 3.91. The molecule has 3 rings (SSSR count). The zero-order valence-corrected chi connectivity index (χ0v) is 24.2. The number of thioether (sulfide) groups is 1. The van der Waals surface area contributed by atoms with Gasteiger partial charge < -0.3 is 18.2 Å². The maximum Gasteiger partial charge on any atom is 0.341 e. The van der Waals surface area contributed by atoms with Gasteiger partial charge >= 0.3 is 26.2 Å². The molecular formula is C25H23BrO9S3. The number of ether oxygens (including phenoxy) is 1. The van der Waals surface area contributed by atoms with Crippen molar-refractivity contribution in [1.29, 1.82) is 0 Å². The minimum atomic E-state index is -3.67. The Hall–Kier alpha value is -3.00. The lowest BCUT2D eigenvalue weighted by atomic mass is 9.97. The Bertz CT molecular complexity index is 1450. The van der Waals surface area contributed by atoms with E-state index in [4.69, 9.17) is 18.2 Å². The van der Waals surface area contributed by atoms with E-state index < -0.39 is 32.8 Å². The summed E-state index contributed by atoms with van der Waals surface area (Å²) in [7, 11) is -7.33. The highest BCUT2D eigenvalue weighted by Gasteiger charge is 2.11. The fraction of sp³-hybridized carbons (Fsp3) is 0.160. The van der Waals surface area contributed by atoms with Crippen LogP contribution in [0.5, 0.6) is 17.2 Å². The Labute approximate surface area is 233 Å². The number of aliphatic carboxylic acids is 1. The van der Waals surface area contributed by atoms with Gasteiger partial charge in [0.25, 0.3) is 0 Å². The fourth-order valence-corrected chi connectivity index (χ4v) is 5.59. The van der Waals surface area contributed by atoms with Crippen LogP contribution in [0.2, 0.25) is 0 Å². The van der Waals surface area contributed by atoms with E-state index in [0.29, 0.717) is 11.5 Å². The lowest BCUT2D eigenvalue weighted by Gasteiger charge is -2.12. The first-order valence-electron chi connectivity index (χ1n) is 10.8. The normalized spacial score (nSPS) is 11.4. The van der Waals surface area contributed by atoms with Crippen LogP contribution in [0, 0.1) is 0 Å². The van der Waals surface area contributed by atoms with Crippen molar-refractivity contribution in [3.8, 4) is 17.2 Å². The van der Waals surface area contributed by atoms with Crippen LogP contribution < -0.4 is 13.1 Å². The summed E-state index contributed by atoms with van der Waals surface area (Å²) in [5.41, 5.74) is 2.37. The first-order valence-corrected chi connectivity index (χ1v) is 16.2.